The summed E-state index contributed by atoms with van der Waals surface area (Å²) in [5, 5.41) is 17.2. The van der Waals surface area contributed by atoms with E-state index in [0.717, 1.165) is 37.0 Å². The van der Waals surface area contributed by atoms with Crippen LogP contribution in [0, 0.1) is 18.3 Å². The van der Waals surface area contributed by atoms with Crippen LogP contribution >= 0.6 is 0 Å². The third kappa shape index (κ3) is 4.29. The summed E-state index contributed by atoms with van der Waals surface area (Å²) in [5.74, 6) is 1.59. The quantitative estimate of drug-likeness (QED) is 0.600. The number of hydrogen-bond acceptors (Lipinski definition) is 9. The zero-order chi connectivity index (χ0) is 22.8. The number of fused-ring (bicyclic) bond motifs is 1. The summed E-state index contributed by atoms with van der Waals surface area (Å²) in [4.78, 5) is 15.3. The van der Waals surface area contributed by atoms with Gasteiger partial charge < -0.3 is 20.7 Å². The number of nitrogens with zero attached hydrogens (tertiary/aromatic N) is 7. The number of rotatable bonds is 6. The average Bonchev–Trinajstić information content (AvgIpc) is 3.15. The van der Waals surface area contributed by atoms with Gasteiger partial charge in [0.1, 0.15) is 41.2 Å². The molecule has 168 valence electrons. The third-order valence-corrected chi connectivity index (χ3v) is 5.91. The predicted molar refractivity (Wildman–Crippen MR) is 121 cm³/mol. The van der Waals surface area contributed by atoms with Crippen LogP contribution in [0.15, 0.2) is 18.6 Å². The van der Waals surface area contributed by atoms with Crippen molar-refractivity contribution in [2.75, 3.05) is 24.1 Å². The Labute approximate surface area is 187 Å². The molecule has 1 atom stereocenters. The molecule has 0 radical (unpaired) electrons. The number of aryl methyl sites for hydroxylation is 1. The molecule has 10 heteroatoms. The van der Waals surface area contributed by atoms with Gasteiger partial charge >= 0.3 is 0 Å². The summed E-state index contributed by atoms with van der Waals surface area (Å²) in [7, 11) is 0. The summed E-state index contributed by atoms with van der Waals surface area (Å²) in [6.07, 6.45) is 5.26. The Bertz CT molecular complexity index is 1140. The highest BCUT2D eigenvalue weighted by atomic mass is 16.5. The maximum absolute atomic E-state index is 9.40. The van der Waals surface area contributed by atoms with Crippen molar-refractivity contribution in [1.82, 2.24) is 29.5 Å². The summed E-state index contributed by atoms with van der Waals surface area (Å²) in [6, 6.07) is 4.25. The van der Waals surface area contributed by atoms with Crippen LogP contribution in [-0.4, -0.2) is 54.7 Å². The molecular formula is C22H29N9O. The van der Waals surface area contributed by atoms with Gasteiger partial charge in [-0.2, -0.15) is 15.3 Å². The fourth-order valence-electron chi connectivity index (χ4n) is 3.98. The fraction of sp³-hybridized carbons (Fsp3) is 0.500. The molecule has 0 spiro atoms. The molecule has 1 fully saturated rings. The molecule has 1 aliphatic heterocycles. The molecule has 0 saturated carbocycles. The zero-order valence-corrected chi connectivity index (χ0v) is 18.9. The molecule has 1 aliphatic rings. The summed E-state index contributed by atoms with van der Waals surface area (Å²) in [6.45, 7) is 10.4. The van der Waals surface area contributed by atoms with Crippen LogP contribution in [0.25, 0.3) is 5.52 Å². The number of ether oxygens (including phenoxy) is 1. The van der Waals surface area contributed by atoms with Crippen molar-refractivity contribution in [2.45, 2.75) is 58.7 Å². The molecule has 4 rings (SSSR count). The molecule has 0 aromatic carbocycles. The first-order valence-corrected chi connectivity index (χ1v) is 10.9. The van der Waals surface area contributed by atoms with Crippen molar-refractivity contribution in [2.24, 2.45) is 0 Å². The molecule has 10 nitrogen and oxygen atoms in total. The second-order valence-corrected chi connectivity index (χ2v) is 8.47. The molecule has 0 aliphatic carbocycles. The lowest BCUT2D eigenvalue weighted by atomic mass is 10.1. The Morgan fingerprint density at radius 1 is 1.25 bits per heavy atom. The molecule has 4 heterocycles. The van der Waals surface area contributed by atoms with Crippen molar-refractivity contribution in [3.63, 3.8) is 0 Å². The van der Waals surface area contributed by atoms with Crippen molar-refractivity contribution >= 4 is 17.2 Å². The van der Waals surface area contributed by atoms with E-state index in [1.807, 2.05) is 32.2 Å². The van der Waals surface area contributed by atoms with E-state index in [2.05, 4.69) is 39.1 Å². The predicted octanol–water partition coefficient (Wildman–Crippen LogP) is 2.71. The molecule has 3 N–H and O–H groups in total. The first-order chi connectivity index (χ1) is 15.4. The fourth-order valence-corrected chi connectivity index (χ4v) is 3.98. The van der Waals surface area contributed by atoms with Gasteiger partial charge in [-0.3, -0.25) is 0 Å². The number of anilines is 2. The van der Waals surface area contributed by atoms with Gasteiger partial charge in [-0.1, -0.05) is 0 Å². The minimum atomic E-state index is -0.339. The van der Waals surface area contributed by atoms with E-state index in [4.69, 9.17) is 15.5 Å². The van der Waals surface area contributed by atoms with Crippen molar-refractivity contribution < 1.29 is 4.74 Å². The molecule has 3 aromatic heterocycles. The van der Waals surface area contributed by atoms with E-state index >= 15 is 0 Å². The van der Waals surface area contributed by atoms with Gasteiger partial charge in [0.25, 0.3) is 0 Å². The molecule has 0 unspecified atom stereocenters. The van der Waals surface area contributed by atoms with Crippen molar-refractivity contribution in [3.05, 3.63) is 35.5 Å². The number of nitrogen functional groups attached to an aromatic ring is 1. The van der Waals surface area contributed by atoms with Crippen molar-refractivity contribution in [3.8, 4) is 11.9 Å². The maximum atomic E-state index is 9.40. The molecule has 1 saturated heterocycles. The molecule has 3 aromatic rings. The van der Waals surface area contributed by atoms with Crippen LogP contribution in [0.5, 0.6) is 5.88 Å². The maximum Gasteiger partial charge on any atom is 0.242 e. The van der Waals surface area contributed by atoms with Gasteiger partial charge in [0.2, 0.25) is 5.88 Å². The summed E-state index contributed by atoms with van der Waals surface area (Å²) < 4.78 is 8.22. The van der Waals surface area contributed by atoms with Crippen LogP contribution in [0.3, 0.4) is 0 Å². The van der Waals surface area contributed by atoms with Gasteiger partial charge in [0, 0.05) is 25.3 Å². The van der Waals surface area contributed by atoms with E-state index in [-0.39, 0.29) is 23.5 Å². The van der Waals surface area contributed by atoms with Crippen LogP contribution in [0.4, 0.5) is 11.6 Å². The van der Waals surface area contributed by atoms with E-state index in [1.54, 1.807) is 4.52 Å². The Hall–Kier alpha value is -3.45. The number of nitrogens with two attached hydrogens (primary N) is 1. The van der Waals surface area contributed by atoms with Crippen LogP contribution in [0.1, 0.15) is 56.6 Å². The lowest BCUT2D eigenvalue weighted by molar-refractivity contribution is 0.0817. The second kappa shape index (κ2) is 8.96. The standard InChI is InChI=1S/C22H29N9O/c1-13(2)30-8-6-16(7-9-30)32-22-18-14(3)5-10-31(18)29-20(28-22)15(4)27-21-17(11-23)19(24)25-12-26-21/h5,10,12-13,15-16H,6-9H2,1-4H3,(H3,24,25,26,27)/t15-/m0/s1. The number of nitrogens with one attached hydrogen (secondary N) is 1. The number of nitriles is 1. The Morgan fingerprint density at radius 2 is 2.00 bits per heavy atom. The van der Waals surface area contributed by atoms with E-state index in [1.165, 1.54) is 6.33 Å². The Morgan fingerprint density at radius 3 is 2.69 bits per heavy atom. The molecular weight excluding hydrogens is 406 g/mol. The van der Waals surface area contributed by atoms with Gasteiger partial charge in [-0.05, 0) is 52.2 Å². The van der Waals surface area contributed by atoms with Crippen molar-refractivity contribution in [1.29, 1.82) is 5.26 Å². The summed E-state index contributed by atoms with van der Waals surface area (Å²) in [5.41, 5.74) is 7.94. The molecule has 0 bridgehead atoms. The number of piperidine rings is 1. The minimum absolute atomic E-state index is 0.112. The molecule has 32 heavy (non-hydrogen) atoms. The highest BCUT2D eigenvalue weighted by Gasteiger charge is 2.25. The lowest BCUT2D eigenvalue weighted by Crippen LogP contribution is -2.41. The van der Waals surface area contributed by atoms with Crippen LogP contribution in [-0.2, 0) is 0 Å². The third-order valence-electron chi connectivity index (χ3n) is 5.91. The van der Waals surface area contributed by atoms with Gasteiger partial charge in [0.05, 0.1) is 6.04 Å². The zero-order valence-electron chi connectivity index (χ0n) is 18.9. The largest absolute Gasteiger partial charge is 0.473 e. The van der Waals surface area contributed by atoms with Gasteiger partial charge in [-0.25, -0.2) is 14.5 Å². The monoisotopic (exact) mass is 435 g/mol. The minimum Gasteiger partial charge on any atom is -0.473 e. The van der Waals surface area contributed by atoms with E-state index in [0.29, 0.717) is 23.6 Å². The van der Waals surface area contributed by atoms with E-state index in [9.17, 15) is 5.26 Å². The summed E-state index contributed by atoms with van der Waals surface area (Å²) >= 11 is 0. The Kier molecular flexibility index (Phi) is 6.10. The first-order valence-electron chi connectivity index (χ1n) is 10.9. The number of likely N-dealkylation sites (tertiary alicyclic amines) is 1. The molecule has 0 amide bonds. The van der Waals surface area contributed by atoms with E-state index < -0.39 is 0 Å². The topological polar surface area (TPSA) is 130 Å². The number of aromatic nitrogens is 5. The normalized spacial score (nSPS) is 16.2. The van der Waals surface area contributed by atoms with Gasteiger partial charge in [-0.15, -0.1) is 0 Å². The lowest BCUT2D eigenvalue weighted by Gasteiger charge is -2.34. The Balaban J connectivity index is 1.60. The first kappa shape index (κ1) is 21.8. The number of hydrogen-bond donors (Lipinski definition) is 2. The average molecular weight is 436 g/mol. The van der Waals surface area contributed by atoms with Crippen LogP contribution in [0.2, 0.25) is 0 Å². The smallest absolute Gasteiger partial charge is 0.242 e. The van der Waals surface area contributed by atoms with Crippen LogP contribution < -0.4 is 15.8 Å². The second-order valence-electron chi connectivity index (χ2n) is 8.47. The van der Waals surface area contributed by atoms with Gasteiger partial charge in [0.15, 0.2) is 5.82 Å². The highest BCUT2D eigenvalue weighted by molar-refractivity contribution is 5.63. The SMILES string of the molecule is Cc1ccn2nc([C@H](C)Nc3ncnc(N)c3C#N)nc(OC3CCN(C(C)C)CC3)c12. The highest BCUT2D eigenvalue weighted by Crippen LogP contribution is 2.28.